The molecule has 1 aliphatic rings. The number of nitrogens with one attached hydrogen (secondary N) is 2. The molecule has 1 amide bonds. The summed E-state index contributed by atoms with van der Waals surface area (Å²) < 4.78 is 0. The van der Waals surface area contributed by atoms with Gasteiger partial charge >= 0.3 is 0 Å². The maximum absolute atomic E-state index is 13.6. The van der Waals surface area contributed by atoms with Crippen LogP contribution in [0.2, 0.25) is 0 Å². The molecule has 7 nitrogen and oxygen atoms in total. The smallest absolute Gasteiger partial charge is 0.256 e. The summed E-state index contributed by atoms with van der Waals surface area (Å²) in [7, 11) is 0. The van der Waals surface area contributed by atoms with Crippen molar-refractivity contribution in [3.63, 3.8) is 0 Å². The number of pyridine rings is 1. The van der Waals surface area contributed by atoms with Gasteiger partial charge in [0.2, 0.25) is 5.95 Å². The van der Waals surface area contributed by atoms with E-state index < -0.39 is 0 Å². The van der Waals surface area contributed by atoms with Gasteiger partial charge < -0.3 is 10.6 Å². The number of likely N-dealkylation sites (N-methyl/N-ethyl adjacent to an activating group) is 1. The Morgan fingerprint density at radius 1 is 0.971 bits per heavy atom. The highest BCUT2D eigenvalue weighted by atomic mass is 16.1. The molecule has 0 spiro atoms. The lowest BCUT2D eigenvalue weighted by atomic mass is 9.95. The Kier molecular flexibility index (Phi) is 5.94. The van der Waals surface area contributed by atoms with Gasteiger partial charge in [0.15, 0.2) is 0 Å². The quantitative estimate of drug-likeness (QED) is 0.443. The molecular weight excluding hydrogens is 424 g/mol. The van der Waals surface area contributed by atoms with Crippen LogP contribution in [0.5, 0.6) is 0 Å². The van der Waals surface area contributed by atoms with Crippen LogP contribution in [0.1, 0.15) is 39.9 Å². The summed E-state index contributed by atoms with van der Waals surface area (Å²) in [5, 5.41) is 7.21. The molecule has 0 fully saturated rings. The van der Waals surface area contributed by atoms with Gasteiger partial charge in [-0.3, -0.25) is 14.7 Å². The molecule has 172 valence electrons. The number of hydrogen-bond acceptors (Lipinski definition) is 6. The molecule has 0 aliphatic carbocycles. The number of hydrogen-bond donors (Lipinski definition) is 2. The Balaban J connectivity index is 1.41. The number of nitrogens with zero attached hydrogens (tertiary/aromatic N) is 4. The average molecular weight is 453 g/mol. The molecule has 2 aromatic carbocycles. The number of carbonyl (C=O) groups excluding carboxylic acids is 1. The first-order valence-corrected chi connectivity index (χ1v) is 11.6. The molecule has 2 aromatic heterocycles. The van der Waals surface area contributed by atoms with Crippen LogP contribution >= 0.6 is 0 Å². The minimum absolute atomic E-state index is 0.105. The predicted molar refractivity (Wildman–Crippen MR) is 136 cm³/mol. The Morgan fingerprint density at radius 2 is 1.68 bits per heavy atom. The topological polar surface area (TPSA) is 83.0 Å². The van der Waals surface area contributed by atoms with Gasteiger partial charge in [0.1, 0.15) is 0 Å². The fraction of sp³-hybridized carbons (Fsp3) is 0.259. The van der Waals surface area contributed by atoms with Crippen LogP contribution in [-0.4, -0.2) is 38.8 Å². The first-order chi connectivity index (χ1) is 16.5. The number of anilines is 3. The number of carbonyl (C=O) groups is 1. The number of fused-ring (bicyclic) bond motifs is 2. The largest absolute Gasteiger partial charge is 0.324 e. The summed E-state index contributed by atoms with van der Waals surface area (Å²) in [5.41, 5.74) is 7.06. The highest BCUT2D eigenvalue weighted by molar-refractivity contribution is 6.13. The van der Waals surface area contributed by atoms with Gasteiger partial charge in [-0.05, 0) is 56.8 Å². The van der Waals surface area contributed by atoms with Crippen molar-refractivity contribution in [3.05, 3.63) is 82.8 Å². The van der Waals surface area contributed by atoms with Crippen molar-refractivity contribution in [2.24, 2.45) is 0 Å². The van der Waals surface area contributed by atoms with E-state index in [9.17, 15) is 4.79 Å². The average Bonchev–Trinajstić information content (AvgIpc) is 2.82. The van der Waals surface area contributed by atoms with Crippen molar-refractivity contribution in [1.29, 1.82) is 0 Å². The third kappa shape index (κ3) is 4.47. The zero-order chi connectivity index (χ0) is 23.7. The molecule has 34 heavy (non-hydrogen) atoms. The number of amides is 1. The molecular formula is C27H28N6O. The van der Waals surface area contributed by atoms with E-state index >= 15 is 0 Å². The fourth-order valence-corrected chi connectivity index (χ4v) is 4.52. The molecule has 7 heteroatoms. The third-order valence-electron chi connectivity index (χ3n) is 6.18. The summed E-state index contributed by atoms with van der Waals surface area (Å²) >= 11 is 0. The summed E-state index contributed by atoms with van der Waals surface area (Å²) in [5.74, 6) is 0.454. The van der Waals surface area contributed by atoms with E-state index in [0.717, 1.165) is 76.5 Å². The summed E-state index contributed by atoms with van der Waals surface area (Å²) in [6.45, 7) is 8.70. The Hall–Kier alpha value is -3.84. The Morgan fingerprint density at radius 3 is 2.41 bits per heavy atom. The molecule has 2 N–H and O–H groups in total. The van der Waals surface area contributed by atoms with Crippen LogP contribution in [0.25, 0.3) is 10.9 Å². The first-order valence-electron chi connectivity index (χ1n) is 11.6. The van der Waals surface area contributed by atoms with Gasteiger partial charge in [-0.2, -0.15) is 0 Å². The maximum atomic E-state index is 13.6. The standard InChI is InChI=1S/C27H28N6O/c1-4-33-14-13-24-22(16-33)25(21-7-5-6-8-23(21)32-24)26(34)30-19-9-11-20(12-10-19)31-27-28-17(2)15-18(3)29-27/h5-12,15H,4,13-14,16H2,1-3H3,(H,30,34)(H,28,29,31). The van der Waals surface area contributed by atoms with Crippen LogP contribution in [-0.2, 0) is 13.0 Å². The van der Waals surface area contributed by atoms with Gasteiger partial charge in [-0.1, -0.05) is 25.1 Å². The highest BCUT2D eigenvalue weighted by Crippen LogP contribution is 2.29. The molecule has 0 atom stereocenters. The predicted octanol–water partition coefficient (Wildman–Crippen LogP) is 5.02. The Bertz CT molecular complexity index is 1350. The molecule has 4 aromatic rings. The molecule has 0 unspecified atom stereocenters. The van der Waals surface area contributed by atoms with Gasteiger partial charge in [0, 0.05) is 58.9 Å². The second-order valence-corrected chi connectivity index (χ2v) is 8.68. The van der Waals surface area contributed by atoms with E-state index in [0.29, 0.717) is 5.95 Å². The summed E-state index contributed by atoms with van der Waals surface area (Å²) in [4.78, 5) is 29.6. The normalized spacial score (nSPS) is 13.5. The molecule has 0 saturated heterocycles. The zero-order valence-corrected chi connectivity index (χ0v) is 19.7. The fourth-order valence-electron chi connectivity index (χ4n) is 4.52. The molecule has 3 heterocycles. The van der Waals surface area contributed by atoms with Crippen molar-refractivity contribution in [2.45, 2.75) is 33.7 Å². The minimum atomic E-state index is -0.105. The minimum Gasteiger partial charge on any atom is -0.324 e. The lowest BCUT2D eigenvalue weighted by Crippen LogP contribution is -2.33. The Labute approximate surface area is 199 Å². The molecule has 0 bridgehead atoms. The van der Waals surface area contributed by atoms with Crippen LogP contribution in [0, 0.1) is 13.8 Å². The lowest BCUT2D eigenvalue weighted by molar-refractivity contribution is 0.102. The highest BCUT2D eigenvalue weighted by Gasteiger charge is 2.25. The molecule has 0 radical (unpaired) electrons. The van der Waals surface area contributed by atoms with E-state index in [2.05, 4.69) is 32.4 Å². The molecule has 0 saturated carbocycles. The van der Waals surface area contributed by atoms with E-state index in [-0.39, 0.29) is 5.91 Å². The lowest BCUT2D eigenvalue weighted by Gasteiger charge is -2.29. The van der Waals surface area contributed by atoms with Crippen LogP contribution in [0.4, 0.5) is 17.3 Å². The van der Waals surface area contributed by atoms with Crippen molar-refractivity contribution >= 4 is 34.1 Å². The summed E-state index contributed by atoms with van der Waals surface area (Å²) in [6.07, 6.45) is 0.856. The first kappa shape index (κ1) is 22.0. The van der Waals surface area contributed by atoms with Gasteiger partial charge in [-0.15, -0.1) is 0 Å². The van der Waals surface area contributed by atoms with Crippen LogP contribution in [0.15, 0.2) is 54.6 Å². The van der Waals surface area contributed by atoms with Gasteiger partial charge in [0.25, 0.3) is 5.91 Å². The number of aromatic nitrogens is 3. The van der Waals surface area contributed by atoms with Gasteiger partial charge in [0.05, 0.1) is 11.1 Å². The van der Waals surface area contributed by atoms with Crippen LogP contribution < -0.4 is 10.6 Å². The van der Waals surface area contributed by atoms with Crippen molar-refractivity contribution in [3.8, 4) is 0 Å². The molecule has 1 aliphatic heterocycles. The second kappa shape index (κ2) is 9.19. The number of rotatable bonds is 5. The zero-order valence-electron chi connectivity index (χ0n) is 19.7. The third-order valence-corrected chi connectivity index (χ3v) is 6.18. The maximum Gasteiger partial charge on any atom is 0.256 e. The van der Waals surface area contributed by atoms with Crippen LogP contribution in [0.3, 0.4) is 0 Å². The van der Waals surface area contributed by atoms with Gasteiger partial charge in [-0.25, -0.2) is 9.97 Å². The van der Waals surface area contributed by atoms with E-state index in [1.54, 1.807) is 0 Å². The number of para-hydroxylation sites is 1. The monoisotopic (exact) mass is 452 g/mol. The van der Waals surface area contributed by atoms with Crippen molar-refractivity contribution in [2.75, 3.05) is 23.7 Å². The van der Waals surface area contributed by atoms with E-state index in [4.69, 9.17) is 4.98 Å². The number of aryl methyl sites for hydroxylation is 2. The van der Waals surface area contributed by atoms with Crippen molar-refractivity contribution in [1.82, 2.24) is 19.9 Å². The van der Waals surface area contributed by atoms with E-state index in [1.165, 1.54) is 0 Å². The van der Waals surface area contributed by atoms with Crippen molar-refractivity contribution < 1.29 is 4.79 Å². The SMILES string of the molecule is CCN1CCc2nc3ccccc3c(C(=O)Nc3ccc(Nc4nc(C)cc(C)n4)cc3)c2C1. The number of benzene rings is 2. The summed E-state index contributed by atoms with van der Waals surface area (Å²) in [6, 6.07) is 17.4. The molecule has 5 rings (SSSR count). The second-order valence-electron chi connectivity index (χ2n) is 8.68. The van der Waals surface area contributed by atoms with E-state index in [1.807, 2.05) is 68.4 Å².